The van der Waals surface area contributed by atoms with Gasteiger partial charge in [0.05, 0.1) is 29.8 Å². The van der Waals surface area contributed by atoms with Gasteiger partial charge in [-0.25, -0.2) is 4.39 Å². The molecule has 8 nitrogen and oxygen atoms in total. The van der Waals surface area contributed by atoms with Crippen LogP contribution in [0.2, 0.25) is 0 Å². The number of nitrogen functional groups attached to an aromatic ring is 1. The lowest BCUT2D eigenvalue weighted by atomic mass is 10.1. The summed E-state index contributed by atoms with van der Waals surface area (Å²) in [7, 11) is 0. The Morgan fingerprint density at radius 3 is 2.50 bits per heavy atom. The molecule has 2 aromatic carbocycles. The average Bonchev–Trinajstić information content (AvgIpc) is 2.69. The van der Waals surface area contributed by atoms with Crippen molar-refractivity contribution in [1.82, 2.24) is 10.2 Å². The first-order valence-corrected chi connectivity index (χ1v) is 8.83. The second-order valence-electron chi connectivity index (χ2n) is 6.53. The number of nitrogens with one attached hydrogen (secondary N) is 1. The molecule has 0 bridgehead atoms. The number of morpholine rings is 1. The molecule has 0 saturated carbocycles. The van der Waals surface area contributed by atoms with Crippen LogP contribution in [0.15, 0.2) is 36.4 Å². The minimum Gasteiger partial charge on any atom is -0.393 e. The summed E-state index contributed by atoms with van der Waals surface area (Å²) in [5, 5.41) is 13.5. The Balaban J connectivity index is 1.61. The normalized spacial score (nSPS) is 14.6. The van der Waals surface area contributed by atoms with Crippen LogP contribution in [0.5, 0.6) is 0 Å². The summed E-state index contributed by atoms with van der Waals surface area (Å²) in [5.74, 6) is -1.56. The number of hydrogen-bond acceptors (Lipinski definition) is 6. The maximum Gasteiger partial charge on any atom is 0.295 e. The van der Waals surface area contributed by atoms with Crippen LogP contribution in [0.25, 0.3) is 0 Å². The van der Waals surface area contributed by atoms with E-state index in [-0.39, 0.29) is 17.8 Å². The van der Waals surface area contributed by atoms with Crippen LogP contribution in [0.3, 0.4) is 0 Å². The molecule has 28 heavy (non-hydrogen) atoms. The third kappa shape index (κ3) is 4.81. The summed E-state index contributed by atoms with van der Waals surface area (Å²) in [5.41, 5.74) is 6.42. The van der Waals surface area contributed by atoms with Crippen LogP contribution in [0.4, 0.5) is 15.8 Å². The van der Waals surface area contributed by atoms with Gasteiger partial charge in [0.2, 0.25) is 0 Å². The maximum absolute atomic E-state index is 13.6. The SMILES string of the molecule is Nc1c(C(=O)NCc2ccc(CN3CCOCC3)cc2)cc(F)cc1[N+](=O)[O-]. The van der Waals surface area contributed by atoms with Crippen LogP contribution >= 0.6 is 0 Å². The molecule has 1 fully saturated rings. The van der Waals surface area contributed by atoms with Crippen molar-refractivity contribution in [2.75, 3.05) is 32.0 Å². The van der Waals surface area contributed by atoms with Gasteiger partial charge in [0, 0.05) is 26.2 Å². The largest absolute Gasteiger partial charge is 0.393 e. The second kappa shape index (κ2) is 8.77. The molecule has 0 radical (unpaired) electrons. The molecule has 1 amide bonds. The molecule has 0 aromatic heterocycles. The first-order chi connectivity index (χ1) is 13.4. The van der Waals surface area contributed by atoms with Crippen LogP contribution in [0.1, 0.15) is 21.5 Å². The number of nitrogens with two attached hydrogens (primary N) is 1. The molecule has 1 aliphatic rings. The molecule has 3 rings (SSSR count). The zero-order valence-electron chi connectivity index (χ0n) is 15.2. The molecule has 0 unspecified atom stereocenters. The summed E-state index contributed by atoms with van der Waals surface area (Å²) >= 11 is 0. The number of rotatable bonds is 6. The zero-order chi connectivity index (χ0) is 20.1. The summed E-state index contributed by atoms with van der Waals surface area (Å²) < 4.78 is 18.9. The smallest absolute Gasteiger partial charge is 0.295 e. The van der Waals surface area contributed by atoms with E-state index in [1.165, 1.54) is 0 Å². The van der Waals surface area contributed by atoms with E-state index in [2.05, 4.69) is 10.2 Å². The van der Waals surface area contributed by atoms with Gasteiger partial charge in [-0.05, 0) is 17.2 Å². The predicted molar refractivity (Wildman–Crippen MR) is 101 cm³/mol. The van der Waals surface area contributed by atoms with Crippen LogP contribution in [0, 0.1) is 15.9 Å². The molecular weight excluding hydrogens is 367 g/mol. The summed E-state index contributed by atoms with van der Waals surface area (Å²) in [4.78, 5) is 24.7. The number of hydrogen-bond donors (Lipinski definition) is 2. The number of carbonyl (C=O) groups excluding carboxylic acids is 1. The highest BCUT2D eigenvalue weighted by Crippen LogP contribution is 2.26. The van der Waals surface area contributed by atoms with Gasteiger partial charge in [-0.15, -0.1) is 0 Å². The topological polar surface area (TPSA) is 111 Å². The molecular formula is C19H21FN4O4. The monoisotopic (exact) mass is 388 g/mol. The maximum atomic E-state index is 13.6. The van der Waals surface area contributed by atoms with Crippen molar-refractivity contribution >= 4 is 17.3 Å². The quantitative estimate of drug-likeness (QED) is 0.445. The fourth-order valence-electron chi connectivity index (χ4n) is 3.00. The lowest BCUT2D eigenvalue weighted by molar-refractivity contribution is -0.384. The minimum absolute atomic E-state index is 0.195. The molecule has 0 atom stereocenters. The van der Waals surface area contributed by atoms with Gasteiger partial charge in [-0.1, -0.05) is 24.3 Å². The third-order valence-electron chi connectivity index (χ3n) is 4.55. The van der Waals surface area contributed by atoms with E-state index in [4.69, 9.17) is 10.5 Å². The molecule has 2 aromatic rings. The van der Waals surface area contributed by atoms with Crippen LogP contribution < -0.4 is 11.1 Å². The number of nitro groups is 1. The van der Waals surface area contributed by atoms with E-state index in [0.717, 1.165) is 50.0 Å². The van der Waals surface area contributed by atoms with E-state index in [9.17, 15) is 19.3 Å². The minimum atomic E-state index is -0.890. The van der Waals surface area contributed by atoms with E-state index in [1.54, 1.807) is 0 Å². The van der Waals surface area contributed by atoms with Gasteiger partial charge in [0.1, 0.15) is 11.5 Å². The van der Waals surface area contributed by atoms with Crippen molar-refractivity contribution in [2.45, 2.75) is 13.1 Å². The Kier molecular flexibility index (Phi) is 6.17. The number of ether oxygens (including phenoxy) is 1. The van der Waals surface area contributed by atoms with Crippen molar-refractivity contribution in [3.63, 3.8) is 0 Å². The van der Waals surface area contributed by atoms with E-state index < -0.39 is 22.3 Å². The second-order valence-corrected chi connectivity index (χ2v) is 6.53. The number of halogens is 1. The number of amides is 1. The van der Waals surface area contributed by atoms with Gasteiger partial charge in [-0.3, -0.25) is 19.8 Å². The highest BCUT2D eigenvalue weighted by atomic mass is 19.1. The Labute approximate surface area is 161 Å². The van der Waals surface area contributed by atoms with E-state index in [0.29, 0.717) is 6.07 Å². The molecule has 9 heteroatoms. The zero-order valence-corrected chi connectivity index (χ0v) is 15.2. The first kappa shape index (κ1) is 19.7. The fraction of sp³-hybridized carbons (Fsp3) is 0.316. The first-order valence-electron chi connectivity index (χ1n) is 8.83. The Hall–Kier alpha value is -3.04. The molecule has 3 N–H and O–H groups in total. The molecule has 1 heterocycles. The molecule has 0 aliphatic carbocycles. The molecule has 1 aliphatic heterocycles. The van der Waals surface area contributed by atoms with Gasteiger partial charge in [-0.2, -0.15) is 0 Å². The van der Waals surface area contributed by atoms with Crippen LogP contribution in [-0.4, -0.2) is 42.0 Å². The lowest BCUT2D eigenvalue weighted by Crippen LogP contribution is -2.35. The average molecular weight is 388 g/mol. The molecule has 148 valence electrons. The van der Waals surface area contributed by atoms with Crippen molar-refractivity contribution in [3.05, 3.63) is 69.0 Å². The Morgan fingerprint density at radius 1 is 1.21 bits per heavy atom. The number of carbonyl (C=O) groups is 1. The van der Waals surface area contributed by atoms with Gasteiger partial charge in [0.25, 0.3) is 11.6 Å². The predicted octanol–water partition coefficient (Wildman–Crippen LogP) is 2.08. The van der Waals surface area contributed by atoms with Crippen molar-refractivity contribution in [3.8, 4) is 0 Å². The standard InChI is InChI=1S/C19H21FN4O4/c20-15-9-16(18(21)17(10-15)24(26)27)19(25)22-11-13-1-3-14(4-2-13)12-23-5-7-28-8-6-23/h1-4,9-10H,5-8,11-12,21H2,(H,22,25). The number of benzene rings is 2. The van der Waals surface area contributed by atoms with Crippen molar-refractivity contribution < 1.29 is 18.8 Å². The summed E-state index contributed by atoms with van der Waals surface area (Å²) in [6.45, 7) is 4.31. The van der Waals surface area contributed by atoms with Gasteiger partial charge in [0.15, 0.2) is 0 Å². The van der Waals surface area contributed by atoms with Crippen molar-refractivity contribution in [1.29, 1.82) is 0 Å². The fourth-order valence-corrected chi connectivity index (χ4v) is 3.00. The molecule has 1 saturated heterocycles. The molecule has 0 spiro atoms. The summed E-state index contributed by atoms with van der Waals surface area (Å²) in [6.07, 6.45) is 0. The third-order valence-corrected chi connectivity index (χ3v) is 4.55. The number of anilines is 1. The lowest BCUT2D eigenvalue weighted by Gasteiger charge is -2.26. The highest BCUT2D eigenvalue weighted by Gasteiger charge is 2.21. The number of nitro benzene ring substituents is 1. The van der Waals surface area contributed by atoms with Gasteiger partial charge < -0.3 is 15.8 Å². The summed E-state index contributed by atoms with van der Waals surface area (Å²) in [6, 6.07) is 9.35. The Bertz CT molecular complexity index is 867. The van der Waals surface area contributed by atoms with E-state index in [1.807, 2.05) is 24.3 Å². The Morgan fingerprint density at radius 2 is 1.86 bits per heavy atom. The van der Waals surface area contributed by atoms with E-state index >= 15 is 0 Å². The number of nitrogens with zero attached hydrogens (tertiary/aromatic N) is 2. The van der Waals surface area contributed by atoms with Crippen molar-refractivity contribution in [2.24, 2.45) is 0 Å². The van der Waals surface area contributed by atoms with Gasteiger partial charge >= 0.3 is 0 Å². The highest BCUT2D eigenvalue weighted by molar-refractivity contribution is 6.01. The van der Waals surface area contributed by atoms with Crippen LogP contribution in [-0.2, 0) is 17.8 Å².